The second-order valence-electron chi connectivity index (χ2n) is 15.4. The van der Waals surface area contributed by atoms with Gasteiger partial charge in [0, 0.05) is 0 Å². The predicted octanol–water partition coefficient (Wildman–Crippen LogP) is 11.4. The van der Waals surface area contributed by atoms with Crippen LogP contribution in [0, 0.1) is 0 Å². The van der Waals surface area contributed by atoms with Crippen molar-refractivity contribution in [2.24, 2.45) is 0 Å². The normalized spacial score (nSPS) is 11.7. The Morgan fingerprint density at radius 3 is 0.891 bits per heavy atom. The molecule has 4 heteroatoms. The molecule has 0 heterocycles. The van der Waals surface area contributed by atoms with Crippen LogP contribution in [0.3, 0.4) is 0 Å². The number of hydrogen-bond donors (Lipinski definition) is 0. The maximum Gasteiger partial charge on any atom is 0.118 e. The van der Waals surface area contributed by atoms with Crippen LogP contribution in [-0.2, 0) is 0 Å². The van der Waals surface area contributed by atoms with Crippen molar-refractivity contribution in [3.8, 4) is 11.5 Å². The summed E-state index contributed by atoms with van der Waals surface area (Å²) in [7, 11) is 12.0. The molecule has 2 rings (SSSR count). The van der Waals surface area contributed by atoms with Gasteiger partial charge in [0.25, 0.3) is 0 Å². The van der Waals surface area contributed by atoms with Gasteiger partial charge in [0.05, 0.1) is 48.6 Å². The first kappa shape index (κ1) is 42.1. The Kier molecular flexibility index (Phi) is 23.9. The fraction of sp³-hybridized carbons (Fsp3) is 0.714. The van der Waals surface area contributed by atoms with Crippen LogP contribution >= 0.6 is 0 Å². The highest BCUT2D eigenvalue weighted by atomic mass is 16.5. The van der Waals surface area contributed by atoms with Crippen LogP contribution in [0.25, 0.3) is 0 Å². The van der Waals surface area contributed by atoms with Crippen molar-refractivity contribution in [3.63, 3.8) is 0 Å². The van der Waals surface area contributed by atoms with Crippen LogP contribution in [0.4, 0.5) is 0 Å². The summed E-state index contributed by atoms with van der Waals surface area (Å²) >= 11 is 0. The topological polar surface area (TPSA) is 18.5 Å². The Hall–Kier alpha value is -1.94. The third kappa shape index (κ3) is 19.7. The van der Waals surface area contributed by atoms with E-state index in [0.29, 0.717) is 0 Å². The lowest BCUT2D eigenvalue weighted by molar-refractivity contribution is -0.849. The summed E-state index contributed by atoms with van der Waals surface area (Å²) in [6.45, 7) is 4.60. The second-order valence-corrected chi connectivity index (χ2v) is 15.4. The third-order valence-corrected chi connectivity index (χ3v) is 9.61. The molecule has 0 aliphatic heterocycles. The van der Waals surface area contributed by atoms with Gasteiger partial charge in [0.1, 0.15) is 11.5 Å². The minimum Gasteiger partial charge on any atom is -0.497 e. The quantitative estimate of drug-likeness (QED) is 0.0580. The molecule has 2 aromatic carbocycles. The van der Waals surface area contributed by atoms with Gasteiger partial charge in [-0.25, -0.2) is 10.9 Å². The molecule has 0 amide bonds. The van der Waals surface area contributed by atoms with Gasteiger partial charge >= 0.3 is 0 Å². The second kappa shape index (κ2) is 26.1. The van der Waals surface area contributed by atoms with Gasteiger partial charge in [0.15, 0.2) is 0 Å². The number of quaternary nitrogens is 1. The minimum atomic E-state index is -0.838. The van der Waals surface area contributed by atoms with Crippen molar-refractivity contribution in [3.05, 3.63) is 48.5 Å². The van der Waals surface area contributed by atoms with Crippen LogP contribution in [0.15, 0.2) is 48.5 Å². The largest absolute Gasteiger partial charge is 0.497 e. The molecule has 264 valence electrons. The average molecular weight is 638 g/mol. The first-order chi connectivity index (χ1) is 22.2. The van der Waals surface area contributed by atoms with E-state index in [1.807, 2.05) is 0 Å². The van der Waals surface area contributed by atoms with Crippen LogP contribution in [0.2, 0.25) is 12.6 Å². The number of rotatable bonds is 26. The zero-order valence-electron chi connectivity index (χ0n) is 32.0. The molecule has 0 aromatic heterocycles. The monoisotopic (exact) mass is 638 g/mol. The molecule has 0 aliphatic rings. The molecular formula is C42H76BNO2. The first-order valence-corrected chi connectivity index (χ1v) is 19.5. The molecule has 0 spiro atoms. The molecule has 2 aromatic rings. The van der Waals surface area contributed by atoms with E-state index in [0.717, 1.165) is 16.0 Å². The molecule has 0 bridgehead atoms. The lowest BCUT2D eigenvalue weighted by atomic mass is 9.15. The fourth-order valence-electron chi connectivity index (χ4n) is 6.91. The maximum atomic E-state index is 5.54. The van der Waals surface area contributed by atoms with Crippen LogP contribution in [0.1, 0.15) is 142 Å². The summed E-state index contributed by atoms with van der Waals surface area (Å²) in [4.78, 5) is 0. The van der Waals surface area contributed by atoms with Crippen LogP contribution in [-0.4, -0.2) is 53.0 Å². The Bertz CT molecular complexity index is 872. The lowest BCUT2D eigenvalue weighted by Gasteiger charge is -2.42. The average Bonchev–Trinajstić information content (AvgIpc) is 3.05. The molecule has 0 saturated carbocycles. The SMILES string of the molecule is CCCCCCCCCCCC[B-](CCCCCCCCCCCC)(c1ccc(OC)cc1)c1ccc(OC)cc1.C[N+](C)(C)C. The molecule has 0 radical (unpaired) electrons. The Balaban J connectivity index is 0.00000195. The van der Waals surface area contributed by atoms with Gasteiger partial charge in [-0.05, 0) is 24.3 Å². The zero-order chi connectivity index (χ0) is 33.9. The van der Waals surface area contributed by atoms with E-state index in [-0.39, 0.29) is 0 Å². The number of unbranched alkanes of at least 4 members (excludes halogenated alkanes) is 18. The number of benzene rings is 2. The smallest absolute Gasteiger partial charge is 0.118 e. The highest BCUT2D eigenvalue weighted by molar-refractivity contribution is 7.02. The number of methoxy groups -OCH3 is 2. The molecule has 0 atom stereocenters. The van der Waals surface area contributed by atoms with Crippen molar-refractivity contribution in [1.82, 2.24) is 0 Å². The predicted molar refractivity (Wildman–Crippen MR) is 208 cm³/mol. The Labute approximate surface area is 287 Å². The zero-order valence-corrected chi connectivity index (χ0v) is 32.0. The molecule has 0 N–H and O–H groups in total. The summed E-state index contributed by atoms with van der Waals surface area (Å²) in [5, 5.41) is 0. The summed E-state index contributed by atoms with van der Waals surface area (Å²) < 4.78 is 12.1. The number of ether oxygens (including phenoxy) is 2. The van der Waals surface area contributed by atoms with Gasteiger partial charge in [-0.3, -0.25) is 0 Å². The summed E-state index contributed by atoms with van der Waals surface area (Å²) in [5.41, 5.74) is 3.01. The minimum absolute atomic E-state index is 0.838. The third-order valence-electron chi connectivity index (χ3n) is 9.61. The first-order valence-electron chi connectivity index (χ1n) is 19.5. The highest BCUT2D eigenvalue weighted by Crippen LogP contribution is 2.26. The highest BCUT2D eigenvalue weighted by Gasteiger charge is 2.27. The van der Waals surface area contributed by atoms with Crippen LogP contribution < -0.4 is 20.4 Å². The molecule has 0 unspecified atom stereocenters. The van der Waals surface area contributed by atoms with Crippen molar-refractivity contribution >= 4 is 17.1 Å². The molecule has 0 aliphatic carbocycles. The van der Waals surface area contributed by atoms with Crippen molar-refractivity contribution in [1.29, 1.82) is 0 Å². The fourth-order valence-corrected chi connectivity index (χ4v) is 6.91. The van der Waals surface area contributed by atoms with E-state index in [9.17, 15) is 0 Å². The van der Waals surface area contributed by atoms with E-state index in [2.05, 4.69) is 90.6 Å². The summed E-state index contributed by atoms with van der Waals surface area (Å²) in [6.07, 6.45) is 29.4. The molecule has 3 nitrogen and oxygen atoms in total. The van der Waals surface area contributed by atoms with Crippen LogP contribution in [0.5, 0.6) is 11.5 Å². The van der Waals surface area contributed by atoms with Crippen molar-refractivity contribution in [2.45, 2.75) is 155 Å². The van der Waals surface area contributed by atoms with E-state index in [1.54, 1.807) is 14.2 Å². The van der Waals surface area contributed by atoms with Gasteiger partial charge in [-0.1, -0.05) is 167 Å². The molecule has 0 fully saturated rings. The lowest BCUT2D eigenvalue weighted by Crippen LogP contribution is -2.58. The standard InChI is InChI=1S/C38H64BO2.C4H12N/c1-5-7-9-11-13-15-17-19-21-23-33-39(35-25-29-37(40-3)30-26-35,36-27-31-38(41-4)32-28-36)34-24-22-20-18-16-14-12-10-8-6-2;1-5(2,3)4/h25-32H,5-24,33-34H2,1-4H3;1-4H3/q-1;+1. The van der Waals surface area contributed by atoms with Crippen molar-refractivity contribution in [2.75, 3.05) is 42.4 Å². The molecule has 46 heavy (non-hydrogen) atoms. The Morgan fingerprint density at radius 2 is 0.652 bits per heavy atom. The van der Waals surface area contributed by atoms with Gasteiger partial charge in [0.2, 0.25) is 0 Å². The Morgan fingerprint density at radius 1 is 0.413 bits per heavy atom. The van der Waals surface area contributed by atoms with E-state index >= 15 is 0 Å². The molecule has 0 saturated heterocycles. The van der Waals surface area contributed by atoms with Gasteiger partial charge in [-0.2, -0.15) is 12.6 Å². The van der Waals surface area contributed by atoms with E-state index in [4.69, 9.17) is 9.47 Å². The summed E-state index contributed by atoms with van der Waals surface area (Å²) in [6, 6.07) is 18.1. The number of nitrogens with zero attached hydrogens (tertiary/aromatic N) is 1. The van der Waals surface area contributed by atoms with Gasteiger partial charge in [-0.15, -0.1) is 0 Å². The maximum absolute atomic E-state index is 5.54. The van der Waals surface area contributed by atoms with Crippen molar-refractivity contribution < 1.29 is 14.0 Å². The molecular weight excluding hydrogens is 561 g/mol. The van der Waals surface area contributed by atoms with Gasteiger partial charge < -0.3 is 14.0 Å². The summed E-state index contributed by atoms with van der Waals surface area (Å²) in [5.74, 6) is 1.90. The van der Waals surface area contributed by atoms with E-state index < -0.39 is 6.15 Å². The number of hydrogen-bond acceptors (Lipinski definition) is 2. The van der Waals surface area contributed by atoms with E-state index in [1.165, 1.54) is 152 Å².